The second-order valence-corrected chi connectivity index (χ2v) is 6.26. The molecule has 0 unspecified atom stereocenters. The van der Waals surface area contributed by atoms with Crippen LogP contribution in [0.1, 0.15) is 53.9 Å². The van der Waals surface area contributed by atoms with Crippen LogP contribution in [0.5, 0.6) is 0 Å². The molecule has 0 N–H and O–H groups in total. The van der Waals surface area contributed by atoms with E-state index in [0.29, 0.717) is 11.3 Å². The van der Waals surface area contributed by atoms with E-state index in [4.69, 9.17) is 4.74 Å². The van der Waals surface area contributed by atoms with E-state index in [0.717, 1.165) is 18.4 Å². The summed E-state index contributed by atoms with van der Waals surface area (Å²) >= 11 is 0. The Morgan fingerprint density at radius 2 is 2.12 bits per heavy atom. The Bertz CT molecular complexity index is 284. The van der Waals surface area contributed by atoms with Crippen LogP contribution in [0, 0.1) is 11.3 Å². The monoisotopic (exact) mass is 224 g/mol. The lowest BCUT2D eigenvalue weighted by atomic mass is 9.84. The maximum atomic E-state index is 11.4. The van der Waals surface area contributed by atoms with Gasteiger partial charge in [0.05, 0.1) is 0 Å². The molecule has 2 nitrogen and oxygen atoms in total. The highest BCUT2D eigenvalue weighted by Crippen LogP contribution is 2.27. The molecule has 1 saturated heterocycles. The zero-order chi connectivity index (χ0) is 12.3. The molecule has 0 saturated carbocycles. The molecule has 92 valence electrons. The fourth-order valence-corrected chi connectivity index (χ4v) is 2.33. The molecule has 0 spiro atoms. The van der Waals surface area contributed by atoms with Gasteiger partial charge in [0.25, 0.3) is 0 Å². The molecule has 0 amide bonds. The average molecular weight is 224 g/mol. The smallest absolute Gasteiger partial charge is 0.334 e. The van der Waals surface area contributed by atoms with Gasteiger partial charge < -0.3 is 4.74 Å². The van der Waals surface area contributed by atoms with Gasteiger partial charge >= 0.3 is 5.97 Å². The van der Waals surface area contributed by atoms with Gasteiger partial charge in [0.15, 0.2) is 0 Å². The van der Waals surface area contributed by atoms with E-state index in [2.05, 4.69) is 33.8 Å². The van der Waals surface area contributed by atoms with Gasteiger partial charge in [-0.1, -0.05) is 33.8 Å². The van der Waals surface area contributed by atoms with E-state index in [1.54, 1.807) is 0 Å². The largest absolute Gasteiger partial charge is 0.459 e. The van der Waals surface area contributed by atoms with Gasteiger partial charge in [0, 0.05) is 12.0 Å². The van der Waals surface area contributed by atoms with Crippen LogP contribution in [0.25, 0.3) is 0 Å². The molecule has 1 heterocycles. The third-order valence-corrected chi connectivity index (χ3v) is 2.81. The fourth-order valence-electron chi connectivity index (χ4n) is 2.33. The Kier molecular flexibility index (Phi) is 4.17. The van der Waals surface area contributed by atoms with Gasteiger partial charge in [-0.2, -0.15) is 0 Å². The van der Waals surface area contributed by atoms with Crippen molar-refractivity contribution in [3.05, 3.63) is 11.6 Å². The van der Waals surface area contributed by atoms with Crippen LogP contribution in [-0.2, 0) is 9.53 Å². The summed E-state index contributed by atoms with van der Waals surface area (Å²) in [5.74, 6) is 0.506. The van der Waals surface area contributed by atoms with Gasteiger partial charge in [-0.3, -0.25) is 0 Å². The number of ether oxygens (including phenoxy) is 1. The quantitative estimate of drug-likeness (QED) is 0.539. The second kappa shape index (κ2) is 5.03. The molecule has 16 heavy (non-hydrogen) atoms. The van der Waals surface area contributed by atoms with Crippen molar-refractivity contribution < 1.29 is 9.53 Å². The predicted octanol–water partition coefficient (Wildman–Crippen LogP) is 3.71. The zero-order valence-corrected chi connectivity index (χ0v) is 11.2. The van der Waals surface area contributed by atoms with Gasteiger partial charge in [-0.05, 0) is 31.1 Å². The highest BCUT2D eigenvalue weighted by molar-refractivity contribution is 5.90. The van der Waals surface area contributed by atoms with Crippen molar-refractivity contribution in [2.75, 3.05) is 0 Å². The summed E-state index contributed by atoms with van der Waals surface area (Å²) < 4.78 is 5.10. The van der Waals surface area contributed by atoms with Gasteiger partial charge in [0.1, 0.15) is 6.10 Å². The normalized spacial score (nSPS) is 25.9. The first kappa shape index (κ1) is 13.3. The van der Waals surface area contributed by atoms with Crippen LogP contribution in [0.2, 0.25) is 0 Å². The lowest BCUT2D eigenvalue weighted by Crippen LogP contribution is -2.10. The Balaban J connectivity index is 2.44. The van der Waals surface area contributed by atoms with Crippen molar-refractivity contribution in [2.24, 2.45) is 11.3 Å². The molecule has 2 atom stereocenters. The van der Waals surface area contributed by atoms with Gasteiger partial charge in [-0.25, -0.2) is 4.79 Å². The third kappa shape index (κ3) is 4.38. The molecular weight excluding hydrogens is 200 g/mol. The summed E-state index contributed by atoms with van der Waals surface area (Å²) in [6.45, 7) is 10.9. The third-order valence-electron chi connectivity index (χ3n) is 2.81. The van der Waals surface area contributed by atoms with Crippen LogP contribution in [0.3, 0.4) is 0 Å². The van der Waals surface area contributed by atoms with Crippen LogP contribution in [-0.4, -0.2) is 12.1 Å². The van der Waals surface area contributed by atoms with E-state index in [1.165, 1.54) is 6.42 Å². The Morgan fingerprint density at radius 1 is 1.50 bits per heavy atom. The number of carbonyl (C=O) groups is 1. The Labute approximate surface area is 99.1 Å². The first-order chi connectivity index (χ1) is 7.28. The molecule has 2 heteroatoms. The minimum absolute atomic E-state index is 0.0664. The number of esters is 1. The highest BCUT2D eigenvalue weighted by atomic mass is 16.5. The summed E-state index contributed by atoms with van der Waals surface area (Å²) in [7, 11) is 0. The van der Waals surface area contributed by atoms with Gasteiger partial charge in [-0.15, -0.1) is 0 Å². The summed E-state index contributed by atoms with van der Waals surface area (Å²) in [4.78, 5) is 11.4. The lowest BCUT2D eigenvalue weighted by molar-refractivity contribution is -0.138. The summed E-state index contributed by atoms with van der Waals surface area (Å²) in [6.07, 6.45) is 5.08. The van der Waals surface area contributed by atoms with E-state index < -0.39 is 0 Å². The minimum Gasteiger partial charge on any atom is -0.459 e. The van der Waals surface area contributed by atoms with Crippen molar-refractivity contribution >= 4 is 5.97 Å². The van der Waals surface area contributed by atoms with Crippen LogP contribution in [0.4, 0.5) is 0 Å². The zero-order valence-electron chi connectivity index (χ0n) is 11.2. The van der Waals surface area contributed by atoms with Crippen LogP contribution in [0.15, 0.2) is 11.6 Å². The number of allylic oxidation sites excluding steroid dienone is 1. The van der Waals surface area contributed by atoms with Crippen molar-refractivity contribution in [3.8, 4) is 0 Å². The first-order valence-corrected chi connectivity index (χ1v) is 6.18. The highest BCUT2D eigenvalue weighted by Gasteiger charge is 2.25. The maximum Gasteiger partial charge on any atom is 0.334 e. The number of carbonyl (C=O) groups excluding carboxylic acids is 1. The molecule has 0 aliphatic carbocycles. The molecule has 1 aliphatic rings. The number of hydrogen-bond acceptors (Lipinski definition) is 2. The predicted molar refractivity (Wildman–Crippen MR) is 66.1 cm³/mol. The SMILES string of the molecule is C[C@H](C/C=C1/C[C@H](C)OC1=O)CC(C)(C)C. The summed E-state index contributed by atoms with van der Waals surface area (Å²) in [6, 6.07) is 0. The minimum atomic E-state index is -0.115. The number of hydrogen-bond donors (Lipinski definition) is 0. The van der Waals surface area contributed by atoms with E-state index in [9.17, 15) is 4.79 Å². The van der Waals surface area contributed by atoms with E-state index >= 15 is 0 Å². The van der Waals surface area contributed by atoms with Crippen molar-refractivity contribution in [1.82, 2.24) is 0 Å². The van der Waals surface area contributed by atoms with Crippen LogP contribution < -0.4 is 0 Å². The fraction of sp³-hybridized carbons (Fsp3) is 0.786. The van der Waals surface area contributed by atoms with Crippen molar-refractivity contribution in [2.45, 2.75) is 60.0 Å². The number of rotatable bonds is 3. The molecule has 0 aromatic heterocycles. The van der Waals surface area contributed by atoms with Crippen molar-refractivity contribution in [1.29, 1.82) is 0 Å². The Hall–Kier alpha value is -0.790. The molecule has 1 rings (SSSR count). The summed E-state index contributed by atoms with van der Waals surface area (Å²) in [5.41, 5.74) is 1.23. The number of cyclic esters (lactones) is 1. The molecule has 0 aromatic carbocycles. The molecule has 0 aromatic rings. The van der Waals surface area contributed by atoms with E-state index in [1.807, 2.05) is 6.92 Å². The topological polar surface area (TPSA) is 26.3 Å². The average Bonchev–Trinajstić information content (AvgIpc) is 2.38. The second-order valence-electron chi connectivity index (χ2n) is 6.26. The van der Waals surface area contributed by atoms with Gasteiger partial charge in [0.2, 0.25) is 0 Å². The molecule has 0 radical (unpaired) electrons. The maximum absolute atomic E-state index is 11.4. The standard InChI is InChI=1S/C14H24O2/c1-10(9-14(3,4)5)6-7-12-8-11(2)16-13(12)15/h7,10-11H,6,8-9H2,1-5H3/b12-7-/t10-,11+/m1/s1. The van der Waals surface area contributed by atoms with E-state index in [-0.39, 0.29) is 12.1 Å². The molecular formula is C14H24O2. The molecule has 1 fully saturated rings. The first-order valence-electron chi connectivity index (χ1n) is 6.18. The van der Waals surface area contributed by atoms with Crippen molar-refractivity contribution in [3.63, 3.8) is 0 Å². The van der Waals surface area contributed by atoms with Crippen LogP contribution >= 0.6 is 0 Å². The molecule has 1 aliphatic heterocycles. The molecule has 0 bridgehead atoms. The lowest BCUT2D eigenvalue weighted by Gasteiger charge is -2.22. The Morgan fingerprint density at radius 3 is 2.56 bits per heavy atom. The summed E-state index contributed by atoms with van der Waals surface area (Å²) in [5, 5.41) is 0.